The third-order valence-corrected chi connectivity index (χ3v) is 13.9. The Morgan fingerprint density at radius 3 is 1.22 bits per heavy atom. The second-order valence-corrected chi connectivity index (χ2v) is 17.7. The van der Waals surface area contributed by atoms with Gasteiger partial charge in [-0.25, -0.2) is 0 Å². The first-order valence-corrected chi connectivity index (χ1v) is 22.2. The number of para-hydroxylation sites is 4. The first-order valence-electron chi connectivity index (χ1n) is 21.4. The standard InChI is InChI=1S/C58H38N2O2S/c1-35-17-23-39(24-18-35)59(49-13-7-11-47-45-9-3-5-15-51(45)61-57(47)49)41-27-29-43-37(33-41)21-31-53-55(43)56-44-30-28-42(34-38(44)22-32-54(56)63-53)60(40-25-19-36(2)20-26-40)50-14-8-12-48-46-10-4-6-16-52(46)62-58(48)50/h3-34H,1-2H3. The average molecular weight is 827 g/mol. The molecular formula is C58H38N2O2S. The van der Waals surface area contributed by atoms with Crippen LogP contribution in [0.3, 0.4) is 0 Å². The number of hydrogen-bond donors (Lipinski definition) is 0. The summed E-state index contributed by atoms with van der Waals surface area (Å²) in [7, 11) is 0. The van der Waals surface area contributed by atoms with Crippen molar-refractivity contribution in [1.29, 1.82) is 0 Å². The van der Waals surface area contributed by atoms with Crippen molar-refractivity contribution in [2.24, 2.45) is 0 Å². The van der Waals surface area contributed by atoms with Gasteiger partial charge in [0.05, 0.1) is 11.4 Å². The number of nitrogens with zero attached hydrogens (tertiary/aromatic N) is 2. The van der Waals surface area contributed by atoms with E-state index in [9.17, 15) is 0 Å². The molecule has 0 amide bonds. The molecule has 0 aliphatic heterocycles. The molecule has 0 fully saturated rings. The van der Waals surface area contributed by atoms with Crippen LogP contribution >= 0.6 is 11.3 Å². The molecule has 0 saturated heterocycles. The van der Waals surface area contributed by atoms with E-state index in [0.717, 1.165) is 78.0 Å². The molecule has 0 unspecified atom stereocenters. The molecular weight excluding hydrogens is 789 g/mol. The van der Waals surface area contributed by atoms with Gasteiger partial charge in [-0.1, -0.05) is 120 Å². The number of benzene rings is 10. The van der Waals surface area contributed by atoms with Crippen LogP contribution in [0.4, 0.5) is 34.1 Å². The topological polar surface area (TPSA) is 32.8 Å². The maximum absolute atomic E-state index is 6.62. The van der Waals surface area contributed by atoms with E-state index in [1.54, 1.807) is 0 Å². The maximum Gasteiger partial charge on any atom is 0.159 e. The predicted molar refractivity (Wildman–Crippen MR) is 268 cm³/mol. The number of fused-ring (bicyclic) bond motifs is 13. The molecule has 0 aliphatic carbocycles. The summed E-state index contributed by atoms with van der Waals surface area (Å²) >= 11 is 1.86. The summed E-state index contributed by atoms with van der Waals surface area (Å²) in [6.07, 6.45) is 0. The molecule has 0 spiro atoms. The molecule has 4 nitrogen and oxygen atoms in total. The van der Waals surface area contributed by atoms with E-state index < -0.39 is 0 Å². The summed E-state index contributed by atoms with van der Waals surface area (Å²) in [5, 5.41) is 11.9. The van der Waals surface area contributed by atoms with E-state index in [2.05, 4.69) is 206 Å². The summed E-state index contributed by atoms with van der Waals surface area (Å²) < 4.78 is 15.8. The number of anilines is 6. The molecule has 13 aromatic rings. The molecule has 0 bridgehead atoms. The number of furan rings is 2. The number of aryl methyl sites for hydroxylation is 2. The molecule has 0 N–H and O–H groups in total. The normalized spacial score (nSPS) is 12.0. The lowest BCUT2D eigenvalue weighted by molar-refractivity contribution is 0.668. The van der Waals surface area contributed by atoms with Gasteiger partial charge in [-0.3, -0.25) is 0 Å². The second kappa shape index (κ2) is 13.8. The summed E-state index contributed by atoms with van der Waals surface area (Å²) in [4.78, 5) is 4.67. The van der Waals surface area contributed by atoms with Gasteiger partial charge < -0.3 is 18.6 Å². The first kappa shape index (κ1) is 35.9. The molecule has 63 heavy (non-hydrogen) atoms. The highest BCUT2D eigenvalue weighted by Gasteiger charge is 2.23. The number of thiophene rings is 1. The van der Waals surface area contributed by atoms with Crippen LogP contribution in [0.1, 0.15) is 11.1 Å². The average Bonchev–Trinajstić information content (AvgIpc) is 4.03. The van der Waals surface area contributed by atoms with Gasteiger partial charge in [0.2, 0.25) is 0 Å². The van der Waals surface area contributed by atoms with E-state index >= 15 is 0 Å². The first-order chi connectivity index (χ1) is 31.0. The van der Waals surface area contributed by atoms with E-state index in [1.165, 1.54) is 52.8 Å². The van der Waals surface area contributed by atoms with Gasteiger partial charge in [-0.05, 0) is 120 Å². The molecule has 298 valence electrons. The fraction of sp³-hybridized carbons (Fsp3) is 0.0345. The third-order valence-electron chi connectivity index (χ3n) is 12.7. The Morgan fingerprint density at radius 2 is 0.762 bits per heavy atom. The minimum Gasteiger partial charge on any atom is -0.454 e. The second-order valence-electron chi connectivity index (χ2n) is 16.6. The molecule has 0 saturated carbocycles. The van der Waals surface area contributed by atoms with Crippen molar-refractivity contribution in [2.45, 2.75) is 13.8 Å². The molecule has 5 heteroatoms. The van der Waals surface area contributed by atoms with Crippen molar-refractivity contribution in [3.8, 4) is 0 Å². The third kappa shape index (κ3) is 5.60. The van der Waals surface area contributed by atoms with Gasteiger partial charge in [0.1, 0.15) is 11.2 Å². The molecule has 3 aromatic heterocycles. The Labute approximate surface area is 367 Å². The van der Waals surface area contributed by atoms with Crippen LogP contribution in [0.25, 0.3) is 85.6 Å². The zero-order chi connectivity index (χ0) is 41.8. The number of rotatable bonds is 6. The van der Waals surface area contributed by atoms with Crippen LogP contribution in [0.2, 0.25) is 0 Å². The quantitative estimate of drug-likeness (QED) is 0.167. The Bertz CT molecular complexity index is 3690. The van der Waals surface area contributed by atoms with Gasteiger partial charge in [0.25, 0.3) is 0 Å². The lowest BCUT2D eigenvalue weighted by Crippen LogP contribution is -2.10. The van der Waals surface area contributed by atoms with Crippen molar-refractivity contribution >= 4 is 131 Å². The molecule has 3 heterocycles. The Kier molecular flexibility index (Phi) is 7.87. The highest BCUT2D eigenvalue weighted by Crippen LogP contribution is 2.48. The highest BCUT2D eigenvalue weighted by atomic mass is 32.1. The fourth-order valence-corrected chi connectivity index (χ4v) is 10.9. The van der Waals surface area contributed by atoms with Crippen molar-refractivity contribution in [1.82, 2.24) is 0 Å². The van der Waals surface area contributed by atoms with Gasteiger partial charge in [-0.15, -0.1) is 11.3 Å². The molecule has 0 radical (unpaired) electrons. The lowest BCUT2D eigenvalue weighted by atomic mass is 9.98. The highest BCUT2D eigenvalue weighted by molar-refractivity contribution is 7.26. The van der Waals surface area contributed by atoms with Gasteiger partial charge in [0.15, 0.2) is 11.2 Å². The molecule has 0 aliphatic rings. The van der Waals surface area contributed by atoms with Crippen LogP contribution in [-0.4, -0.2) is 0 Å². The van der Waals surface area contributed by atoms with Crippen molar-refractivity contribution in [2.75, 3.05) is 9.80 Å². The smallest absolute Gasteiger partial charge is 0.159 e. The minimum atomic E-state index is 0.875. The lowest BCUT2D eigenvalue weighted by Gasteiger charge is -2.26. The van der Waals surface area contributed by atoms with Crippen LogP contribution in [0.15, 0.2) is 203 Å². The summed E-state index contributed by atoms with van der Waals surface area (Å²) in [5.41, 5.74) is 12.3. The summed E-state index contributed by atoms with van der Waals surface area (Å²) in [6.45, 7) is 4.27. The van der Waals surface area contributed by atoms with E-state index in [4.69, 9.17) is 8.83 Å². The van der Waals surface area contributed by atoms with Crippen LogP contribution in [0, 0.1) is 13.8 Å². The molecule has 0 atom stereocenters. The van der Waals surface area contributed by atoms with Crippen molar-refractivity contribution < 1.29 is 8.83 Å². The summed E-state index contributed by atoms with van der Waals surface area (Å²) in [5.74, 6) is 0. The maximum atomic E-state index is 6.62. The Morgan fingerprint density at radius 1 is 0.349 bits per heavy atom. The molecule has 13 rings (SSSR count). The van der Waals surface area contributed by atoms with Crippen LogP contribution in [0.5, 0.6) is 0 Å². The largest absolute Gasteiger partial charge is 0.454 e. The zero-order valence-electron chi connectivity index (χ0n) is 34.6. The zero-order valence-corrected chi connectivity index (χ0v) is 35.4. The van der Waals surface area contributed by atoms with Crippen molar-refractivity contribution in [3.05, 3.63) is 205 Å². The van der Waals surface area contributed by atoms with Crippen LogP contribution < -0.4 is 9.80 Å². The van der Waals surface area contributed by atoms with E-state index in [0.29, 0.717) is 0 Å². The Balaban J connectivity index is 0.984. The van der Waals surface area contributed by atoms with Gasteiger partial charge in [-0.2, -0.15) is 0 Å². The van der Waals surface area contributed by atoms with E-state index in [1.807, 2.05) is 23.5 Å². The summed E-state index contributed by atoms with van der Waals surface area (Å²) in [6, 6.07) is 70.1. The van der Waals surface area contributed by atoms with Crippen molar-refractivity contribution in [3.63, 3.8) is 0 Å². The van der Waals surface area contributed by atoms with Crippen LogP contribution in [-0.2, 0) is 0 Å². The number of hydrogen-bond acceptors (Lipinski definition) is 5. The predicted octanol–water partition coefficient (Wildman–Crippen LogP) is 17.7. The monoisotopic (exact) mass is 826 g/mol. The van der Waals surface area contributed by atoms with Gasteiger partial charge >= 0.3 is 0 Å². The SMILES string of the molecule is Cc1ccc(N(c2ccc3c(ccc4sc5ccc6cc(N(c7ccc(C)cc7)c7cccc8c7oc7ccccc78)ccc6c5c43)c2)c2cccc3c2oc2ccccc23)cc1. The minimum absolute atomic E-state index is 0.875. The molecule has 10 aromatic carbocycles. The van der Waals surface area contributed by atoms with E-state index in [-0.39, 0.29) is 0 Å². The fourth-order valence-electron chi connectivity index (χ4n) is 9.74. The van der Waals surface area contributed by atoms with Gasteiger partial charge in [0, 0.05) is 64.5 Å². The Hall–Kier alpha value is -7.86.